The molecule has 0 saturated heterocycles. The Labute approximate surface area is 101 Å². The zero-order valence-electron chi connectivity index (χ0n) is 10.2. The highest BCUT2D eigenvalue weighted by atomic mass is 16.3. The minimum absolute atomic E-state index is 0.0133. The van der Waals surface area contributed by atoms with Crippen LogP contribution < -0.4 is 5.32 Å². The Morgan fingerprint density at radius 2 is 2.06 bits per heavy atom. The van der Waals surface area contributed by atoms with Crippen molar-refractivity contribution in [3.05, 3.63) is 23.8 Å². The van der Waals surface area contributed by atoms with Gasteiger partial charge in [-0.1, -0.05) is 19.9 Å². The lowest BCUT2D eigenvalue weighted by atomic mass is 10.00. The number of amides is 1. The van der Waals surface area contributed by atoms with E-state index in [4.69, 9.17) is 0 Å². The molecular weight excluding hydrogens is 218 g/mol. The summed E-state index contributed by atoms with van der Waals surface area (Å²) in [4.78, 5) is 11.6. The van der Waals surface area contributed by atoms with Crippen molar-refractivity contribution in [2.24, 2.45) is 5.92 Å². The summed E-state index contributed by atoms with van der Waals surface area (Å²) in [7, 11) is 0. The van der Waals surface area contributed by atoms with Gasteiger partial charge in [0, 0.05) is 12.5 Å². The third kappa shape index (κ3) is 3.98. The van der Waals surface area contributed by atoms with Gasteiger partial charge in [-0.2, -0.15) is 0 Å². The van der Waals surface area contributed by atoms with Crippen LogP contribution in [0.2, 0.25) is 0 Å². The first-order valence-corrected chi connectivity index (χ1v) is 5.83. The Balaban J connectivity index is 2.58. The lowest BCUT2D eigenvalue weighted by Crippen LogP contribution is -2.30. The Morgan fingerprint density at radius 1 is 1.35 bits per heavy atom. The molecule has 94 valence electrons. The van der Waals surface area contributed by atoms with E-state index in [0.717, 1.165) is 12.0 Å². The minimum Gasteiger partial charge on any atom is -0.504 e. The summed E-state index contributed by atoms with van der Waals surface area (Å²) in [6.07, 6.45) is 1.46. The number of nitrogens with one attached hydrogen (secondary N) is 1. The molecule has 0 aliphatic carbocycles. The lowest BCUT2D eigenvalue weighted by Gasteiger charge is -2.12. The molecule has 0 aliphatic heterocycles. The number of aromatic hydroxyl groups is 2. The first-order valence-electron chi connectivity index (χ1n) is 5.83. The molecule has 0 spiro atoms. The average molecular weight is 237 g/mol. The van der Waals surface area contributed by atoms with E-state index >= 15 is 0 Å². The molecule has 1 aromatic rings. The van der Waals surface area contributed by atoms with Crippen LogP contribution in [0.1, 0.15) is 25.8 Å². The van der Waals surface area contributed by atoms with Crippen molar-refractivity contribution in [3.8, 4) is 11.5 Å². The largest absolute Gasteiger partial charge is 0.504 e. The van der Waals surface area contributed by atoms with Gasteiger partial charge in [-0.05, 0) is 30.5 Å². The molecule has 1 unspecified atom stereocenters. The molecule has 0 radical (unpaired) electrons. The molecule has 4 nitrogen and oxygen atoms in total. The van der Waals surface area contributed by atoms with Gasteiger partial charge >= 0.3 is 0 Å². The van der Waals surface area contributed by atoms with E-state index in [1.54, 1.807) is 6.07 Å². The summed E-state index contributed by atoms with van der Waals surface area (Å²) >= 11 is 0. The molecule has 0 bridgehead atoms. The van der Waals surface area contributed by atoms with Crippen LogP contribution in [0.4, 0.5) is 0 Å². The van der Waals surface area contributed by atoms with Gasteiger partial charge in [-0.3, -0.25) is 4.79 Å². The van der Waals surface area contributed by atoms with Gasteiger partial charge in [0.15, 0.2) is 11.5 Å². The SMILES string of the molecule is CCCNC(=O)C(C)Cc1ccc(O)c(O)c1. The van der Waals surface area contributed by atoms with Crippen molar-refractivity contribution in [1.82, 2.24) is 5.32 Å². The van der Waals surface area contributed by atoms with Crippen molar-refractivity contribution >= 4 is 5.91 Å². The molecule has 0 aliphatic rings. The summed E-state index contributed by atoms with van der Waals surface area (Å²) < 4.78 is 0. The summed E-state index contributed by atoms with van der Waals surface area (Å²) in [6.45, 7) is 4.53. The molecule has 17 heavy (non-hydrogen) atoms. The molecule has 0 saturated carbocycles. The predicted molar refractivity (Wildman–Crippen MR) is 65.9 cm³/mol. The molecule has 3 N–H and O–H groups in total. The van der Waals surface area contributed by atoms with Gasteiger partial charge in [-0.25, -0.2) is 0 Å². The first-order chi connectivity index (χ1) is 8.04. The highest BCUT2D eigenvalue weighted by Crippen LogP contribution is 2.25. The van der Waals surface area contributed by atoms with E-state index in [1.807, 2.05) is 13.8 Å². The second kappa shape index (κ2) is 6.13. The number of carbonyl (C=O) groups is 1. The molecule has 1 amide bonds. The minimum atomic E-state index is -0.149. The standard InChI is InChI=1S/C13H19NO3/c1-3-6-14-13(17)9(2)7-10-4-5-11(15)12(16)8-10/h4-5,8-9,15-16H,3,6-7H2,1-2H3,(H,14,17). The fourth-order valence-corrected chi connectivity index (χ4v) is 1.56. The number of carbonyl (C=O) groups excluding carboxylic acids is 1. The van der Waals surface area contributed by atoms with Crippen LogP contribution in [0.25, 0.3) is 0 Å². The Kier molecular flexibility index (Phi) is 4.82. The summed E-state index contributed by atoms with van der Waals surface area (Å²) in [5.41, 5.74) is 0.833. The number of phenolic OH excluding ortho intramolecular Hbond substituents is 2. The highest BCUT2D eigenvalue weighted by Gasteiger charge is 2.13. The van der Waals surface area contributed by atoms with Gasteiger partial charge in [-0.15, -0.1) is 0 Å². The molecular formula is C13H19NO3. The molecule has 1 aromatic carbocycles. The average Bonchev–Trinajstić information content (AvgIpc) is 2.30. The molecule has 0 heterocycles. The summed E-state index contributed by atoms with van der Waals surface area (Å²) in [5, 5.41) is 21.3. The van der Waals surface area contributed by atoms with E-state index in [9.17, 15) is 15.0 Å². The van der Waals surface area contributed by atoms with E-state index in [0.29, 0.717) is 13.0 Å². The van der Waals surface area contributed by atoms with E-state index in [2.05, 4.69) is 5.32 Å². The van der Waals surface area contributed by atoms with E-state index in [1.165, 1.54) is 12.1 Å². The first kappa shape index (κ1) is 13.4. The van der Waals surface area contributed by atoms with Crippen molar-refractivity contribution < 1.29 is 15.0 Å². The summed E-state index contributed by atoms with van der Waals surface area (Å²) in [6, 6.07) is 4.62. The van der Waals surface area contributed by atoms with Crippen molar-refractivity contribution in [2.45, 2.75) is 26.7 Å². The van der Waals surface area contributed by atoms with Crippen LogP contribution in [0.5, 0.6) is 11.5 Å². The molecule has 1 atom stereocenters. The number of benzene rings is 1. The Morgan fingerprint density at radius 3 is 2.65 bits per heavy atom. The summed E-state index contributed by atoms with van der Waals surface area (Å²) in [5.74, 6) is -0.426. The second-order valence-electron chi connectivity index (χ2n) is 4.22. The van der Waals surface area contributed by atoms with Crippen molar-refractivity contribution in [1.29, 1.82) is 0 Å². The van der Waals surface area contributed by atoms with Gasteiger partial charge in [0.25, 0.3) is 0 Å². The Hall–Kier alpha value is -1.71. The van der Waals surface area contributed by atoms with Gasteiger partial charge in [0.2, 0.25) is 5.91 Å². The number of hydrogen-bond acceptors (Lipinski definition) is 3. The van der Waals surface area contributed by atoms with E-state index < -0.39 is 0 Å². The molecule has 4 heteroatoms. The van der Waals surface area contributed by atoms with Gasteiger partial charge in [0.1, 0.15) is 0 Å². The fraction of sp³-hybridized carbons (Fsp3) is 0.462. The zero-order valence-corrected chi connectivity index (χ0v) is 10.2. The van der Waals surface area contributed by atoms with Crippen molar-refractivity contribution in [3.63, 3.8) is 0 Å². The maximum atomic E-state index is 11.6. The Bertz CT molecular complexity index is 390. The smallest absolute Gasteiger partial charge is 0.223 e. The quantitative estimate of drug-likeness (QED) is 0.684. The number of hydrogen-bond donors (Lipinski definition) is 3. The second-order valence-corrected chi connectivity index (χ2v) is 4.22. The number of rotatable bonds is 5. The van der Waals surface area contributed by atoms with Crippen LogP contribution in [0, 0.1) is 5.92 Å². The normalized spacial score (nSPS) is 12.1. The van der Waals surface area contributed by atoms with Crippen LogP contribution >= 0.6 is 0 Å². The molecule has 1 rings (SSSR count). The van der Waals surface area contributed by atoms with Crippen molar-refractivity contribution in [2.75, 3.05) is 6.54 Å². The van der Waals surface area contributed by atoms with Crippen LogP contribution in [-0.2, 0) is 11.2 Å². The van der Waals surface area contributed by atoms with E-state index in [-0.39, 0.29) is 23.3 Å². The fourth-order valence-electron chi connectivity index (χ4n) is 1.56. The van der Waals surface area contributed by atoms with Crippen LogP contribution in [-0.4, -0.2) is 22.7 Å². The predicted octanol–water partition coefficient (Wildman–Crippen LogP) is 1.80. The maximum Gasteiger partial charge on any atom is 0.223 e. The molecule has 0 aromatic heterocycles. The third-order valence-corrected chi connectivity index (χ3v) is 2.58. The highest BCUT2D eigenvalue weighted by molar-refractivity contribution is 5.78. The van der Waals surface area contributed by atoms with Gasteiger partial charge < -0.3 is 15.5 Å². The van der Waals surface area contributed by atoms with Crippen LogP contribution in [0.3, 0.4) is 0 Å². The van der Waals surface area contributed by atoms with Crippen LogP contribution in [0.15, 0.2) is 18.2 Å². The topological polar surface area (TPSA) is 69.6 Å². The number of phenols is 2. The molecule has 0 fully saturated rings. The lowest BCUT2D eigenvalue weighted by molar-refractivity contribution is -0.124. The van der Waals surface area contributed by atoms with Gasteiger partial charge in [0.05, 0.1) is 0 Å². The zero-order chi connectivity index (χ0) is 12.8. The third-order valence-electron chi connectivity index (χ3n) is 2.58. The monoisotopic (exact) mass is 237 g/mol. The maximum absolute atomic E-state index is 11.6.